The van der Waals surface area contributed by atoms with Crippen molar-refractivity contribution in [2.45, 2.75) is 37.3 Å². The predicted molar refractivity (Wildman–Crippen MR) is 179 cm³/mol. The average molecular weight is 639 g/mol. The second-order valence-electron chi connectivity index (χ2n) is 11.2. The molecule has 2 amide bonds. The Morgan fingerprint density at radius 1 is 0.957 bits per heavy atom. The first kappa shape index (κ1) is 31.2. The Labute approximate surface area is 272 Å². The van der Waals surface area contributed by atoms with E-state index in [0.717, 1.165) is 34.0 Å². The number of amidine groups is 1. The zero-order valence-corrected chi connectivity index (χ0v) is 26.3. The van der Waals surface area contributed by atoms with Gasteiger partial charge in [0.15, 0.2) is 5.17 Å². The van der Waals surface area contributed by atoms with Gasteiger partial charge in [-0.2, -0.15) is 0 Å². The summed E-state index contributed by atoms with van der Waals surface area (Å²) in [5, 5.41) is 3.86. The van der Waals surface area contributed by atoms with Crippen LogP contribution >= 0.6 is 11.8 Å². The van der Waals surface area contributed by atoms with E-state index < -0.39 is 12.1 Å². The molecule has 0 radical (unpaired) electrons. The van der Waals surface area contributed by atoms with Crippen molar-refractivity contribution in [2.75, 3.05) is 25.5 Å². The number of carbonyl (C=O) groups excluding carboxylic acids is 2. The van der Waals surface area contributed by atoms with Crippen molar-refractivity contribution >= 4 is 40.3 Å². The third-order valence-electron chi connectivity index (χ3n) is 7.99. The Morgan fingerprint density at radius 3 is 2.52 bits per heavy atom. The van der Waals surface area contributed by atoms with Crippen molar-refractivity contribution in [3.8, 4) is 5.75 Å². The van der Waals surface area contributed by atoms with Crippen molar-refractivity contribution in [2.24, 2.45) is 4.99 Å². The van der Waals surface area contributed by atoms with Crippen molar-refractivity contribution in [3.63, 3.8) is 0 Å². The Balaban J connectivity index is 1.11. The van der Waals surface area contributed by atoms with Gasteiger partial charge in [-0.3, -0.25) is 9.69 Å². The van der Waals surface area contributed by atoms with Crippen molar-refractivity contribution in [3.05, 3.63) is 126 Å². The molecule has 2 fully saturated rings. The molecule has 0 saturated carbocycles. The summed E-state index contributed by atoms with van der Waals surface area (Å²) in [7, 11) is 1.65. The first-order valence-corrected chi connectivity index (χ1v) is 16.1. The summed E-state index contributed by atoms with van der Waals surface area (Å²) < 4.78 is 24.8. The summed E-state index contributed by atoms with van der Waals surface area (Å²) in [6.45, 7) is 1.96. The molecule has 4 aromatic carbocycles. The Morgan fingerprint density at radius 2 is 1.74 bits per heavy atom. The number of hydrogen-bond donors (Lipinski definition) is 1. The molecule has 236 valence electrons. The van der Waals surface area contributed by atoms with Crippen LogP contribution in [-0.2, 0) is 22.7 Å². The van der Waals surface area contributed by atoms with Crippen molar-refractivity contribution in [1.29, 1.82) is 0 Å². The van der Waals surface area contributed by atoms with Crippen LogP contribution in [0.25, 0.3) is 0 Å². The fourth-order valence-electron chi connectivity index (χ4n) is 5.63. The third-order valence-corrected chi connectivity index (χ3v) is 9.26. The molecule has 10 heteroatoms. The molecule has 2 aliphatic heterocycles. The quantitative estimate of drug-likeness (QED) is 0.204. The van der Waals surface area contributed by atoms with E-state index in [1.54, 1.807) is 31.0 Å². The van der Waals surface area contributed by atoms with Gasteiger partial charge in [-0.1, -0.05) is 72.4 Å². The lowest BCUT2D eigenvalue weighted by Crippen LogP contribution is -2.43. The van der Waals surface area contributed by atoms with Gasteiger partial charge in [0.2, 0.25) is 5.91 Å². The number of ether oxygens (including phenoxy) is 2. The van der Waals surface area contributed by atoms with Gasteiger partial charge < -0.3 is 19.7 Å². The van der Waals surface area contributed by atoms with Gasteiger partial charge in [-0.15, -0.1) is 0 Å². The van der Waals surface area contributed by atoms with E-state index in [1.165, 1.54) is 17.0 Å². The molecule has 2 saturated heterocycles. The lowest BCUT2D eigenvalue weighted by molar-refractivity contribution is -0.120. The molecule has 4 aromatic rings. The molecule has 2 aliphatic rings. The number of aliphatic imine (C=N–C) groups is 1. The van der Waals surface area contributed by atoms with Gasteiger partial charge in [0, 0.05) is 25.3 Å². The second kappa shape index (κ2) is 14.5. The maximum atomic E-state index is 13.9. The van der Waals surface area contributed by atoms with Gasteiger partial charge in [-0.25, -0.2) is 14.2 Å². The van der Waals surface area contributed by atoms with E-state index in [-0.39, 0.29) is 23.6 Å². The fraction of sp³-hybridized carbons (Fsp3) is 0.250. The van der Waals surface area contributed by atoms with Gasteiger partial charge in [0.25, 0.3) is 0 Å². The molecule has 2 heterocycles. The number of amides is 2. The molecule has 0 spiro atoms. The van der Waals surface area contributed by atoms with E-state index in [4.69, 9.17) is 14.5 Å². The highest BCUT2D eigenvalue weighted by atomic mass is 32.2. The first-order valence-electron chi connectivity index (χ1n) is 15.2. The first-order chi connectivity index (χ1) is 22.4. The summed E-state index contributed by atoms with van der Waals surface area (Å²) >= 11 is 1.63. The number of nitrogens with zero attached hydrogens (tertiary/aromatic N) is 3. The van der Waals surface area contributed by atoms with Crippen molar-refractivity contribution < 1.29 is 23.5 Å². The van der Waals surface area contributed by atoms with Crippen LogP contribution in [0.2, 0.25) is 0 Å². The van der Waals surface area contributed by atoms with E-state index in [9.17, 15) is 14.0 Å². The molecular formula is C36H35FN4O4S. The molecule has 8 nitrogen and oxygen atoms in total. The summed E-state index contributed by atoms with van der Waals surface area (Å²) in [5.41, 5.74) is 4.27. The molecule has 1 N–H and O–H groups in total. The minimum atomic E-state index is -0.583. The van der Waals surface area contributed by atoms with Crippen LogP contribution in [-0.4, -0.2) is 53.2 Å². The Kier molecular flexibility index (Phi) is 9.83. The van der Waals surface area contributed by atoms with Crippen LogP contribution in [0.4, 0.5) is 20.6 Å². The standard InChI is InChI=1S/C36H35FN4O4S/c1-44-31-13-5-10-26(20-31)22-40-23-33(46-35(40)39-30-12-6-11-28(37)21-30)27-15-17-29(18-16-27)38-34(42)32-14-7-19-41(32)36(43)45-24-25-8-3-2-4-9-25/h2-6,8-13,15-18,20-21,32-33H,7,14,19,22-24H2,1H3,(H,38,42)/t32-,33?/m0/s1. The van der Waals surface area contributed by atoms with Gasteiger partial charge in [-0.05, 0) is 72.0 Å². The molecule has 6 rings (SSSR count). The van der Waals surface area contributed by atoms with Crippen LogP contribution in [0.15, 0.2) is 108 Å². The number of thioether (sulfide) groups is 1. The minimum Gasteiger partial charge on any atom is -0.497 e. The molecule has 0 aromatic heterocycles. The lowest BCUT2D eigenvalue weighted by Gasteiger charge is -2.23. The maximum absolute atomic E-state index is 13.9. The number of rotatable bonds is 9. The number of likely N-dealkylation sites (tertiary alicyclic amines) is 1. The van der Waals surface area contributed by atoms with Gasteiger partial charge in [0.05, 0.1) is 18.0 Å². The average Bonchev–Trinajstić information content (AvgIpc) is 3.73. The lowest BCUT2D eigenvalue weighted by atomic mass is 10.1. The zero-order valence-electron chi connectivity index (χ0n) is 25.5. The number of nitrogens with one attached hydrogen (secondary N) is 1. The summed E-state index contributed by atoms with van der Waals surface area (Å²) in [4.78, 5) is 34.5. The number of methoxy groups -OCH3 is 1. The highest BCUT2D eigenvalue weighted by molar-refractivity contribution is 8.14. The predicted octanol–water partition coefficient (Wildman–Crippen LogP) is 7.55. The molecule has 2 atom stereocenters. The number of halogens is 1. The van der Waals surface area contributed by atoms with E-state index in [2.05, 4.69) is 10.2 Å². The van der Waals surface area contributed by atoms with Crippen LogP contribution in [0.5, 0.6) is 5.75 Å². The van der Waals surface area contributed by atoms with Crippen LogP contribution in [0.1, 0.15) is 34.8 Å². The van der Waals surface area contributed by atoms with Crippen molar-refractivity contribution in [1.82, 2.24) is 9.80 Å². The fourth-order valence-corrected chi connectivity index (χ4v) is 6.88. The van der Waals surface area contributed by atoms with Crippen LogP contribution in [0, 0.1) is 5.82 Å². The minimum absolute atomic E-state index is 0.0763. The van der Waals surface area contributed by atoms with Crippen LogP contribution in [0.3, 0.4) is 0 Å². The molecular weight excluding hydrogens is 603 g/mol. The topological polar surface area (TPSA) is 83.5 Å². The highest BCUT2D eigenvalue weighted by Crippen LogP contribution is 2.40. The SMILES string of the molecule is COc1cccc(CN2CC(c3ccc(NC(=O)[C@@H]4CCCN4C(=O)OCc4ccccc4)cc3)SC2=Nc2cccc(F)c2)c1. The molecule has 1 unspecified atom stereocenters. The van der Waals surface area contributed by atoms with Gasteiger partial charge >= 0.3 is 6.09 Å². The van der Waals surface area contributed by atoms with E-state index in [1.807, 2.05) is 78.9 Å². The molecule has 0 bridgehead atoms. The monoisotopic (exact) mass is 638 g/mol. The van der Waals surface area contributed by atoms with E-state index in [0.29, 0.717) is 37.4 Å². The summed E-state index contributed by atoms with van der Waals surface area (Å²) in [6, 6.07) is 30.9. The number of carbonyl (C=O) groups is 2. The number of benzene rings is 4. The smallest absolute Gasteiger partial charge is 0.410 e. The Bertz CT molecular complexity index is 1700. The van der Waals surface area contributed by atoms with Crippen LogP contribution < -0.4 is 10.1 Å². The molecule has 0 aliphatic carbocycles. The zero-order chi connectivity index (χ0) is 31.9. The molecule has 46 heavy (non-hydrogen) atoms. The highest BCUT2D eigenvalue weighted by Gasteiger charge is 2.35. The Hall–Kier alpha value is -4.83. The number of anilines is 1. The summed E-state index contributed by atoms with van der Waals surface area (Å²) in [5.74, 6) is 0.223. The largest absolute Gasteiger partial charge is 0.497 e. The third kappa shape index (κ3) is 7.69. The van der Waals surface area contributed by atoms with Gasteiger partial charge in [0.1, 0.15) is 24.2 Å². The normalized spacial score (nSPS) is 18.5. The maximum Gasteiger partial charge on any atom is 0.410 e. The summed E-state index contributed by atoms with van der Waals surface area (Å²) in [6.07, 6.45) is 0.839. The number of hydrogen-bond acceptors (Lipinski definition) is 6. The van der Waals surface area contributed by atoms with E-state index >= 15 is 0 Å². The second-order valence-corrected chi connectivity index (χ2v) is 12.4.